The van der Waals surface area contributed by atoms with Crippen molar-refractivity contribution in [2.24, 2.45) is 0 Å². The van der Waals surface area contributed by atoms with Gasteiger partial charge in [0.1, 0.15) is 12.4 Å². The lowest BCUT2D eigenvalue weighted by molar-refractivity contribution is -0.385. The molecule has 0 atom stereocenters. The van der Waals surface area contributed by atoms with Gasteiger partial charge in [0.2, 0.25) is 0 Å². The molecule has 0 fully saturated rings. The number of halogens is 1. The molecular weight excluding hydrogens is 326 g/mol. The minimum Gasteiger partial charge on any atom is -0.258 e. The molecule has 0 aliphatic heterocycles. The minimum atomic E-state index is -0.528. The number of fused-ring (bicyclic) bond motifs is 2. The lowest BCUT2D eigenvalue weighted by Crippen LogP contribution is -1.95. The summed E-state index contributed by atoms with van der Waals surface area (Å²) >= 11 is 7.86. The molecule has 0 unspecified atom stereocenters. The van der Waals surface area contributed by atoms with Crippen molar-refractivity contribution >= 4 is 44.5 Å². The average molecular weight is 332 g/mol. The van der Waals surface area contributed by atoms with Gasteiger partial charge in [-0.3, -0.25) is 10.1 Å². The second-order valence-electron chi connectivity index (χ2n) is 4.49. The lowest BCUT2D eigenvalue weighted by atomic mass is 10.2. The number of benzene rings is 1. The maximum atomic E-state index is 10.8. The van der Waals surface area contributed by atoms with Gasteiger partial charge in [-0.05, 0) is 6.07 Å². The van der Waals surface area contributed by atoms with E-state index in [-0.39, 0.29) is 11.5 Å². The van der Waals surface area contributed by atoms with Gasteiger partial charge in [-0.15, -0.1) is 16.4 Å². The summed E-state index contributed by atoms with van der Waals surface area (Å²) in [5.41, 5.74) is -0.147. The van der Waals surface area contributed by atoms with Crippen molar-refractivity contribution in [2.45, 2.75) is 0 Å². The third-order valence-electron chi connectivity index (χ3n) is 3.13. The highest BCUT2D eigenvalue weighted by Crippen LogP contribution is 2.40. The Hall–Kier alpha value is -2.58. The zero-order valence-corrected chi connectivity index (χ0v) is 12.4. The SMILES string of the molecule is O=[N+]([O-])c1cnc2nc(-c3sc4ccccc4c3Cl)nn2c1. The van der Waals surface area contributed by atoms with E-state index < -0.39 is 4.92 Å². The van der Waals surface area contributed by atoms with Crippen LogP contribution in [0, 0.1) is 10.1 Å². The monoisotopic (exact) mass is 331 g/mol. The Morgan fingerprint density at radius 2 is 2.14 bits per heavy atom. The van der Waals surface area contributed by atoms with Gasteiger partial charge < -0.3 is 0 Å². The molecule has 0 saturated heterocycles. The Kier molecular flexibility index (Phi) is 2.81. The van der Waals surface area contributed by atoms with Crippen molar-refractivity contribution in [3.05, 3.63) is 51.8 Å². The fourth-order valence-corrected chi connectivity index (χ4v) is 3.57. The average Bonchev–Trinajstić information content (AvgIpc) is 3.08. The topological polar surface area (TPSA) is 86.2 Å². The Morgan fingerprint density at radius 3 is 2.91 bits per heavy atom. The smallest absolute Gasteiger partial charge is 0.258 e. The molecule has 0 radical (unpaired) electrons. The Morgan fingerprint density at radius 1 is 1.32 bits per heavy atom. The highest BCUT2D eigenvalue weighted by atomic mass is 35.5. The van der Waals surface area contributed by atoms with Crippen LogP contribution < -0.4 is 0 Å². The van der Waals surface area contributed by atoms with Crippen molar-refractivity contribution in [1.29, 1.82) is 0 Å². The van der Waals surface area contributed by atoms with E-state index in [0.717, 1.165) is 21.2 Å². The number of nitrogens with zero attached hydrogens (tertiary/aromatic N) is 5. The van der Waals surface area contributed by atoms with Crippen molar-refractivity contribution < 1.29 is 4.92 Å². The number of aromatic nitrogens is 4. The zero-order valence-electron chi connectivity index (χ0n) is 10.8. The van der Waals surface area contributed by atoms with Gasteiger partial charge in [-0.1, -0.05) is 29.8 Å². The number of hydrogen-bond donors (Lipinski definition) is 0. The van der Waals surface area contributed by atoms with Crippen molar-refractivity contribution in [3.63, 3.8) is 0 Å². The molecule has 3 heterocycles. The number of nitro groups is 1. The Bertz CT molecular complexity index is 1040. The van der Waals surface area contributed by atoms with E-state index in [4.69, 9.17) is 11.6 Å². The molecule has 22 heavy (non-hydrogen) atoms. The second-order valence-corrected chi connectivity index (χ2v) is 5.92. The largest absolute Gasteiger partial charge is 0.305 e. The molecular formula is C13H6ClN5O2S. The Balaban J connectivity index is 1.92. The molecule has 108 valence electrons. The van der Waals surface area contributed by atoms with Crippen LogP contribution in [0.3, 0.4) is 0 Å². The van der Waals surface area contributed by atoms with Crippen LogP contribution in [-0.4, -0.2) is 24.5 Å². The van der Waals surface area contributed by atoms with Gasteiger partial charge in [0.05, 0.1) is 14.8 Å². The first-order chi connectivity index (χ1) is 10.6. The summed E-state index contributed by atoms with van der Waals surface area (Å²) in [5, 5.41) is 16.5. The molecule has 9 heteroatoms. The van der Waals surface area contributed by atoms with Crippen molar-refractivity contribution in [1.82, 2.24) is 19.6 Å². The van der Waals surface area contributed by atoms with E-state index in [0.29, 0.717) is 10.8 Å². The standard InChI is InChI=1S/C13H6ClN5O2S/c14-10-8-3-1-2-4-9(8)22-11(10)12-16-13-15-5-7(19(20)21)6-18(13)17-12/h1-6H. The van der Waals surface area contributed by atoms with Crippen LogP contribution in [0.2, 0.25) is 5.02 Å². The zero-order chi connectivity index (χ0) is 15.3. The second kappa shape index (κ2) is 4.72. The summed E-state index contributed by atoms with van der Waals surface area (Å²) in [6, 6.07) is 7.73. The van der Waals surface area contributed by atoms with Gasteiger partial charge in [-0.25, -0.2) is 4.98 Å². The molecule has 4 aromatic rings. The number of thiophene rings is 1. The van der Waals surface area contributed by atoms with E-state index in [2.05, 4.69) is 15.1 Å². The third-order valence-corrected chi connectivity index (χ3v) is 4.80. The van der Waals surface area contributed by atoms with E-state index in [9.17, 15) is 10.1 Å². The van der Waals surface area contributed by atoms with Gasteiger partial charge in [-0.2, -0.15) is 9.50 Å². The van der Waals surface area contributed by atoms with Gasteiger partial charge in [0, 0.05) is 10.1 Å². The fourth-order valence-electron chi connectivity index (χ4n) is 2.12. The van der Waals surface area contributed by atoms with Crippen LogP contribution in [0.4, 0.5) is 5.69 Å². The molecule has 0 amide bonds. The lowest BCUT2D eigenvalue weighted by Gasteiger charge is -1.90. The van der Waals surface area contributed by atoms with Crippen molar-refractivity contribution in [3.8, 4) is 10.7 Å². The summed E-state index contributed by atoms with van der Waals surface area (Å²) in [5.74, 6) is 0.688. The first-order valence-corrected chi connectivity index (χ1v) is 7.37. The van der Waals surface area contributed by atoms with E-state index in [1.807, 2.05) is 24.3 Å². The van der Waals surface area contributed by atoms with Gasteiger partial charge in [0.25, 0.3) is 5.78 Å². The van der Waals surface area contributed by atoms with E-state index in [1.165, 1.54) is 22.0 Å². The summed E-state index contributed by atoms with van der Waals surface area (Å²) in [4.78, 5) is 19.2. The number of rotatable bonds is 2. The maximum Gasteiger partial charge on any atom is 0.305 e. The summed E-state index contributed by atoms with van der Waals surface area (Å²) < 4.78 is 2.31. The minimum absolute atomic E-state index is 0.147. The molecule has 0 N–H and O–H groups in total. The molecule has 0 aliphatic carbocycles. The molecule has 3 aromatic heterocycles. The highest BCUT2D eigenvalue weighted by molar-refractivity contribution is 7.23. The van der Waals surface area contributed by atoms with Crippen LogP contribution in [0.5, 0.6) is 0 Å². The summed E-state index contributed by atoms with van der Waals surface area (Å²) in [6.45, 7) is 0. The summed E-state index contributed by atoms with van der Waals surface area (Å²) in [6.07, 6.45) is 2.43. The van der Waals surface area contributed by atoms with Gasteiger partial charge in [0.15, 0.2) is 5.82 Å². The quantitative estimate of drug-likeness (QED) is 0.414. The molecule has 1 aromatic carbocycles. The predicted octanol–water partition coefficient (Wildman–Crippen LogP) is 3.57. The molecule has 0 spiro atoms. The first-order valence-electron chi connectivity index (χ1n) is 6.18. The van der Waals surface area contributed by atoms with Crippen LogP contribution in [0.25, 0.3) is 26.6 Å². The van der Waals surface area contributed by atoms with E-state index >= 15 is 0 Å². The molecule has 0 saturated carbocycles. The highest BCUT2D eigenvalue weighted by Gasteiger charge is 2.17. The molecule has 4 rings (SSSR count). The van der Waals surface area contributed by atoms with Crippen LogP contribution >= 0.6 is 22.9 Å². The predicted molar refractivity (Wildman–Crippen MR) is 83.3 cm³/mol. The summed E-state index contributed by atoms with van der Waals surface area (Å²) in [7, 11) is 0. The van der Waals surface area contributed by atoms with Crippen LogP contribution in [-0.2, 0) is 0 Å². The normalized spacial score (nSPS) is 11.3. The molecule has 7 nitrogen and oxygen atoms in total. The fraction of sp³-hybridized carbons (Fsp3) is 0. The van der Waals surface area contributed by atoms with Crippen molar-refractivity contribution in [2.75, 3.05) is 0 Å². The van der Waals surface area contributed by atoms with E-state index in [1.54, 1.807) is 0 Å². The van der Waals surface area contributed by atoms with Crippen LogP contribution in [0.1, 0.15) is 0 Å². The van der Waals surface area contributed by atoms with Crippen LogP contribution in [0.15, 0.2) is 36.7 Å². The Labute approximate surface area is 132 Å². The molecule has 0 aliphatic rings. The maximum absolute atomic E-state index is 10.8. The van der Waals surface area contributed by atoms with Gasteiger partial charge >= 0.3 is 5.69 Å². The number of hydrogen-bond acceptors (Lipinski definition) is 6. The molecule has 0 bridgehead atoms. The third kappa shape index (κ3) is 1.92. The first kappa shape index (κ1) is 13.1.